The maximum absolute atomic E-state index is 13.0. The molecule has 0 bridgehead atoms. The Morgan fingerprint density at radius 2 is 1.87 bits per heavy atom. The van der Waals surface area contributed by atoms with Crippen LogP contribution in [-0.2, 0) is 16.1 Å². The number of rotatable bonds is 6. The van der Waals surface area contributed by atoms with Gasteiger partial charge in [0.25, 0.3) is 5.91 Å². The van der Waals surface area contributed by atoms with Gasteiger partial charge in [0.1, 0.15) is 0 Å². The Balaban J connectivity index is 1.75. The lowest BCUT2D eigenvalue weighted by molar-refractivity contribution is -0.110. The van der Waals surface area contributed by atoms with Crippen LogP contribution in [0.2, 0.25) is 0 Å². The van der Waals surface area contributed by atoms with Crippen molar-refractivity contribution < 1.29 is 14.3 Å². The van der Waals surface area contributed by atoms with Crippen LogP contribution in [-0.4, -0.2) is 38.0 Å². The van der Waals surface area contributed by atoms with E-state index in [2.05, 4.69) is 27.7 Å². The largest absolute Gasteiger partial charge is 0.465 e. The lowest BCUT2D eigenvalue weighted by Gasteiger charge is -2.15. The summed E-state index contributed by atoms with van der Waals surface area (Å²) < 4.78 is 4.79. The highest BCUT2D eigenvalue weighted by atomic mass is 32.1. The van der Waals surface area contributed by atoms with E-state index in [-0.39, 0.29) is 5.91 Å². The number of esters is 1. The summed E-state index contributed by atoms with van der Waals surface area (Å²) in [5.41, 5.74) is 6.03. The van der Waals surface area contributed by atoms with Crippen LogP contribution in [0.5, 0.6) is 0 Å². The SMILES string of the molecule is COC(=O)c1ccc2c(c1)NC(=O)C2=C(Nc1ccc(CN(C)C)cc1)c1ccsc1. The van der Waals surface area contributed by atoms with E-state index < -0.39 is 5.97 Å². The van der Waals surface area contributed by atoms with Crippen LogP contribution in [0.15, 0.2) is 59.3 Å². The van der Waals surface area contributed by atoms with Crippen LogP contribution in [0.3, 0.4) is 0 Å². The van der Waals surface area contributed by atoms with Gasteiger partial charge < -0.3 is 20.3 Å². The first-order valence-corrected chi connectivity index (χ1v) is 10.7. The summed E-state index contributed by atoms with van der Waals surface area (Å²) in [5.74, 6) is -0.654. The van der Waals surface area contributed by atoms with Crippen LogP contribution in [0.25, 0.3) is 11.3 Å². The van der Waals surface area contributed by atoms with E-state index in [4.69, 9.17) is 4.74 Å². The average Bonchev–Trinajstić information content (AvgIpc) is 3.39. The summed E-state index contributed by atoms with van der Waals surface area (Å²) in [5, 5.41) is 10.3. The molecule has 6 nitrogen and oxygen atoms in total. The average molecular weight is 434 g/mol. The first-order valence-electron chi connectivity index (χ1n) is 9.78. The Morgan fingerprint density at radius 3 is 2.52 bits per heavy atom. The third kappa shape index (κ3) is 4.38. The smallest absolute Gasteiger partial charge is 0.337 e. The minimum absolute atomic E-state index is 0.213. The number of hydrogen-bond acceptors (Lipinski definition) is 6. The van der Waals surface area contributed by atoms with Gasteiger partial charge >= 0.3 is 5.97 Å². The van der Waals surface area contributed by atoms with Gasteiger partial charge in [0, 0.05) is 28.7 Å². The number of fused-ring (bicyclic) bond motifs is 1. The second-order valence-electron chi connectivity index (χ2n) is 7.53. The lowest BCUT2D eigenvalue weighted by Crippen LogP contribution is -2.11. The summed E-state index contributed by atoms with van der Waals surface area (Å²) in [4.78, 5) is 26.9. The number of amides is 1. The quantitative estimate of drug-likeness (QED) is 0.442. The second-order valence-corrected chi connectivity index (χ2v) is 8.31. The van der Waals surface area contributed by atoms with Gasteiger partial charge in [-0.3, -0.25) is 4.79 Å². The zero-order chi connectivity index (χ0) is 22.0. The summed E-state index contributed by atoms with van der Waals surface area (Å²) >= 11 is 1.57. The van der Waals surface area contributed by atoms with Crippen LogP contribution in [0, 0.1) is 0 Å². The van der Waals surface area contributed by atoms with E-state index in [1.165, 1.54) is 12.7 Å². The fourth-order valence-corrected chi connectivity index (χ4v) is 4.20. The molecule has 0 atom stereocenters. The number of benzene rings is 2. The molecule has 31 heavy (non-hydrogen) atoms. The van der Waals surface area contributed by atoms with Crippen molar-refractivity contribution in [1.29, 1.82) is 0 Å². The minimum Gasteiger partial charge on any atom is -0.465 e. The number of carbonyl (C=O) groups excluding carboxylic acids is 2. The van der Waals surface area contributed by atoms with E-state index in [9.17, 15) is 9.59 Å². The van der Waals surface area contributed by atoms with Crippen molar-refractivity contribution in [3.05, 3.63) is 81.5 Å². The first-order chi connectivity index (χ1) is 15.0. The van der Waals surface area contributed by atoms with Gasteiger partial charge in [-0.15, -0.1) is 0 Å². The highest BCUT2D eigenvalue weighted by Gasteiger charge is 2.29. The highest BCUT2D eigenvalue weighted by Crippen LogP contribution is 2.38. The molecule has 0 fully saturated rings. The van der Waals surface area contributed by atoms with E-state index in [1.807, 2.05) is 43.1 Å². The van der Waals surface area contributed by atoms with E-state index in [0.29, 0.717) is 16.8 Å². The molecule has 0 spiro atoms. The number of thiophene rings is 1. The molecule has 4 rings (SSSR count). The van der Waals surface area contributed by atoms with Gasteiger partial charge in [-0.25, -0.2) is 4.79 Å². The normalized spacial score (nSPS) is 14.3. The van der Waals surface area contributed by atoms with Gasteiger partial charge in [-0.05, 0) is 55.4 Å². The predicted molar refractivity (Wildman–Crippen MR) is 125 cm³/mol. The van der Waals surface area contributed by atoms with Crippen molar-refractivity contribution in [2.75, 3.05) is 31.8 Å². The molecular weight excluding hydrogens is 410 g/mol. The number of anilines is 2. The Morgan fingerprint density at radius 1 is 1.10 bits per heavy atom. The van der Waals surface area contributed by atoms with Crippen molar-refractivity contribution >= 4 is 45.9 Å². The Bertz CT molecular complexity index is 1150. The molecule has 7 heteroatoms. The van der Waals surface area contributed by atoms with Crippen molar-refractivity contribution in [3.8, 4) is 0 Å². The molecule has 1 amide bonds. The number of nitrogens with zero attached hydrogens (tertiary/aromatic N) is 1. The summed E-state index contributed by atoms with van der Waals surface area (Å²) in [6, 6.07) is 15.3. The zero-order valence-electron chi connectivity index (χ0n) is 17.6. The third-order valence-electron chi connectivity index (χ3n) is 4.97. The summed E-state index contributed by atoms with van der Waals surface area (Å²) in [7, 11) is 5.40. The monoisotopic (exact) mass is 433 g/mol. The molecular formula is C24H23N3O3S. The topological polar surface area (TPSA) is 70.7 Å². The Kier molecular flexibility index (Phi) is 5.88. The van der Waals surface area contributed by atoms with E-state index >= 15 is 0 Å². The lowest BCUT2D eigenvalue weighted by atomic mass is 10.00. The molecule has 158 valence electrons. The molecule has 1 aliphatic rings. The highest BCUT2D eigenvalue weighted by molar-refractivity contribution is 7.08. The standard InChI is InChI=1S/C24H23N3O3S/c1-27(2)13-15-4-7-18(8-5-15)25-22(17-10-11-31-14-17)21-19-9-6-16(24(29)30-3)12-20(19)26-23(21)28/h4-12,14,25H,13H2,1-3H3,(H,26,28). The molecule has 0 saturated carbocycles. The predicted octanol–water partition coefficient (Wildman–Crippen LogP) is 4.53. The summed E-state index contributed by atoms with van der Waals surface area (Å²) in [6.07, 6.45) is 0. The van der Waals surface area contributed by atoms with E-state index in [1.54, 1.807) is 29.5 Å². The first kappa shape index (κ1) is 20.8. The number of nitrogens with one attached hydrogen (secondary N) is 2. The molecule has 2 heterocycles. The van der Waals surface area contributed by atoms with Crippen molar-refractivity contribution in [2.45, 2.75) is 6.54 Å². The number of methoxy groups -OCH3 is 1. The van der Waals surface area contributed by atoms with Crippen LogP contribution in [0.1, 0.15) is 27.0 Å². The molecule has 0 unspecified atom stereocenters. The molecule has 2 N–H and O–H groups in total. The Labute approximate surface area is 185 Å². The van der Waals surface area contributed by atoms with Crippen LogP contribution < -0.4 is 10.6 Å². The number of carbonyl (C=O) groups is 2. The molecule has 0 saturated heterocycles. The summed E-state index contributed by atoms with van der Waals surface area (Å²) in [6.45, 7) is 0.858. The fourth-order valence-electron chi connectivity index (χ4n) is 3.55. The molecule has 2 aromatic carbocycles. The second kappa shape index (κ2) is 8.75. The Hall–Kier alpha value is -3.42. The number of ether oxygens (including phenoxy) is 1. The van der Waals surface area contributed by atoms with Crippen molar-refractivity contribution in [3.63, 3.8) is 0 Å². The molecule has 3 aromatic rings. The van der Waals surface area contributed by atoms with Crippen LogP contribution >= 0.6 is 11.3 Å². The maximum atomic E-state index is 13.0. The molecule has 0 radical (unpaired) electrons. The minimum atomic E-state index is -0.441. The molecule has 0 aliphatic carbocycles. The van der Waals surface area contributed by atoms with Gasteiger partial charge in [-0.1, -0.05) is 18.2 Å². The van der Waals surface area contributed by atoms with Crippen LogP contribution in [0.4, 0.5) is 11.4 Å². The fraction of sp³-hybridized carbons (Fsp3) is 0.167. The molecule has 1 aromatic heterocycles. The van der Waals surface area contributed by atoms with Crippen molar-refractivity contribution in [2.24, 2.45) is 0 Å². The van der Waals surface area contributed by atoms with Gasteiger partial charge in [0.2, 0.25) is 0 Å². The number of hydrogen-bond donors (Lipinski definition) is 2. The van der Waals surface area contributed by atoms with Gasteiger partial charge in [0.05, 0.1) is 29.6 Å². The third-order valence-corrected chi connectivity index (χ3v) is 5.65. The van der Waals surface area contributed by atoms with Crippen molar-refractivity contribution in [1.82, 2.24) is 4.90 Å². The van der Waals surface area contributed by atoms with E-state index in [0.717, 1.165) is 29.1 Å². The van der Waals surface area contributed by atoms with Gasteiger partial charge in [-0.2, -0.15) is 11.3 Å². The molecule has 1 aliphatic heterocycles. The van der Waals surface area contributed by atoms with Gasteiger partial charge in [0.15, 0.2) is 0 Å². The zero-order valence-corrected chi connectivity index (χ0v) is 18.4. The maximum Gasteiger partial charge on any atom is 0.337 e.